The predicted octanol–water partition coefficient (Wildman–Crippen LogP) is 2.83. The van der Waals surface area contributed by atoms with Gasteiger partial charge >= 0.3 is 0 Å². The first-order chi connectivity index (χ1) is 9.20. The van der Waals surface area contributed by atoms with E-state index in [9.17, 15) is 4.79 Å². The van der Waals surface area contributed by atoms with Crippen molar-refractivity contribution in [3.63, 3.8) is 0 Å². The second kappa shape index (κ2) is 4.31. The molecule has 1 aromatic carbocycles. The van der Waals surface area contributed by atoms with E-state index in [1.807, 2.05) is 32.0 Å². The number of fused-ring (bicyclic) bond motifs is 1. The SMILES string of the molecule is Cc1ccc(C)c(-c2nc3ncccn3c2C=O)c1. The van der Waals surface area contributed by atoms with Crippen LogP contribution >= 0.6 is 0 Å². The van der Waals surface area contributed by atoms with Crippen molar-refractivity contribution in [1.82, 2.24) is 14.4 Å². The van der Waals surface area contributed by atoms with Crippen LogP contribution in [-0.2, 0) is 0 Å². The third-order valence-corrected chi connectivity index (χ3v) is 3.20. The van der Waals surface area contributed by atoms with Gasteiger partial charge in [-0.15, -0.1) is 0 Å². The van der Waals surface area contributed by atoms with Gasteiger partial charge in [-0.05, 0) is 31.5 Å². The Kier molecular flexibility index (Phi) is 2.63. The number of carbonyl (C=O) groups excluding carboxylic acids is 1. The smallest absolute Gasteiger partial charge is 0.234 e. The molecule has 3 aromatic rings. The van der Waals surface area contributed by atoms with Crippen LogP contribution in [0, 0.1) is 13.8 Å². The third kappa shape index (κ3) is 1.81. The lowest BCUT2D eigenvalue weighted by atomic mass is 10.0. The Morgan fingerprint density at radius 1 is 1.26 bits per heavy atom. The second-order valence-electron chi connectivity index (χ2n) is 4.57. The molecule has 19 heavy (non-hydrogen) atoms. The summed E-state index contributed by atoms with van der Waals surface area (Å²) in [5.74, 6) is 0.542. The average Bonchev–Trinajstić information content (AvgIpc) is 2.79. The highest BCUT2D eigenvalue weighted by molar-refractivity contribution is 5.86. The number of nitrogens with zero attached hydrogens (tertiary/aromatic N) is 3. The summed E-state index contributed by atoms with van der Waals surface area (Å²) in [5, 5.41) is 0. The van der Waals surface area contributed by atoms with Gasteiger partial charge in [0.25, 0.3) is 0 Å². The van der Waals surface area contributed by atoms with E-state index >= 15 is 0 Å². The lowest BCUT2D eigenvalue weighted by Crippen LogP contribution is -1.94. The largest absolute Gasteiger partial charge is 0.296 e. The normalized spacial score (nSPS) is 10.8. The van der Waals surface area contributed by atoms with Gasteiger partial charge in [0.05, 0.1) is 0 Å². The van der Waals surface area contributed by atoms with Crippen LogP contribution in [-0.4, -0.2) is 20.7 Å². The molecule has 94 valence electrons. The van der Waals surface area contributed by atoms with Gasteiger partial charge in [-0.25, -0.2) is 9.97 Å². The standard InChI is InChI=1S/C15H13N3O/c1-10-4-5-11(2)12(8-10)14-13(9-19)18-7-3-6-16-15(18)17-14/h3-9H,1-2H3. The fraction of sp³-hybridized carbons (Fsp3) is 0.133. The Morgan fingerprint density at radius 3 is 2.89 bits per heavy atom. The van der Waals surface area contributed by atoms with Crippen molar-refractivity contribution in [1.29, 1.82) is 0 Å². The Morgan fingerprint density at radius 2 is 2.11 bits per heavy atom. The molecule has 0 saturated heterocycles. The zero-order valence-electron chi connectivity index (χ0n) is 10.8. The van der Waals surface area contributed by atoms with Crippen molar-refractivity contribution in [2.75, 3.05) is 0 Å². The lowest BCUT2D eigenvalue weighted by Gasteiger charge is -2.04. The monoisotopic (exact) mass is 251 g/mol. The molecule has 2 heterocycles. The molecule has 0 aliphatic rings. The summed E-state index contributed by atoms with van der Waals surface area (Å²) >= 11 is 0. The molecule has 0 fully saturated rings. The van der Waals surface area contributed by atoms with Crippen LogP contribution in [0.1, 0.15) is 21.6 Å². The maximum atomic E-state index is 11.4. The van der Waals surface area contributed by atoms with Crippen molar-refractivity contribution in [2.45, 2.75) is 13.8 Å². The predicted molar refractivity (Wildman–Crippen MR) is 73.3 cm³/mol. The number of aryl methyl sites for hydroxylation is 2. The molecule has 4 nitrogen and oxygen atoms in total. The molecule has 0 aliphatic heterocycles. The van der Waals surface area contributed by atoms with Gasteiger partial charge in [0.1, 0.15) is 11.4 Å². The Balaban J connectivity index is 2.36. The van der Waals surface area contributed by atoms with Gasteiger partial charge in [0, 0.05) is 18.0 Å². The Labute approximate surface area is 110 Å². The van der Waals surface area contributed by atoms with Crippen molar-refractivity contribution in [3.05, 3.63) is 53.5 Å². The highest BCUT2D eigenvalue weighted by atomic mass is 16.1. The molecule has 0 saturated carbocycles. The maximum absolute atomic E-state index is 11.4. The van der Waals surface area contributed by atoms with E-state index in [-0.39, 0.29) is 0 Å². The topological polar surface area (TPSA) is 47.3 Å². The molecule has 0 atom stereocenters. The highest BCUT2D eigenvalue weighted by Crippen LogP contribution is 2.26. The highest BCUT2D eigenvalue weighted by Gasteiger charge is 2.15. The molecular weight excluding hydrogens is 238 g/mol. The van der Waals surface area contributed by atoms with Gasteiger partial charge < -0.3 is 0 Å². The summed E-state index contributed by atoms with van der Waals surface area (Å²) in [5.41, 5.74) is 4.44. The maximum Gasteiger partial charge on any atom is 0.234 e. The van der Waals surface area contributed by atoms with Crippen LogP contribution in [0.4, 0.5) is 0 Å². The molecule has 0 aliphatic carbocycles. The minimum atomic E-state index is 0.539. The fourth-order valence-electron chi connectivity index (χ4n) is 2.21. The summed E-state index contributed by atoms with van der Waals surface area (Å²) in [4.78, 5) is 20.0. The number of rotatable bonds is 2. The number of carbonyl (C=O) groups is 1. The lowest BCUT2D eigenvalue weighted by molar-refractivity contribution is 0.111. The van der Waals surface area contributed by atoms with Crippen LogP contribution in [0.5, 0.6) is 0 Å². The summed E-state index contributed by atoms with van der Waals surface area (Å²) in [7, 11) is 0. The minimum absolute atomic E-state index is 0.539. The van der Waals surface area contributed by atoms with Crippen LogP contribution < -0.4 is 0 Å². The van der Waals surface area contributed by atoms with Crippen molar-refractivity contribution < 1.29 is 4.79 Å². The minimum Gasteiger partial charge on any atom is -0.296 e. The zero-order valence-corrected chi connectivity index (χ0v) is 10.8. The first-order valence-corrected chi connectivity index (χ1v) is 6.06. The molecule has 2 aromatic heterocycles. The van der Waals surface area contributed by atoms with Gasteiger partial charge in [-0.3, -0.25) is 9.20 Å². The average molecular weight is 251 g/mol. The van der Waals surface area contributed by atoms with E-state index in [2.05, 4.69) is 9.97 Å². The van der Waals surface area contributed by atoms with E-state index in [0.29, 0.717) is 17.2 Å². The molecule has 0 bridgehead atoms. The van der Waals surface area contributed by atoms with E-state index in [0.717, 1.165) is 23.0 Å². The molecule has 3 rings (SSSR count). The van der Waals surface area contributed by atoms with Crippen LogP contribution in [0.15, 0.2) is 36.7 Å². The zero-order chi connectivity index (χ0) is 13.4. The summed E-state index contributed by atoms with van der Waals surface area (Å²) in [6, 6.07) is 7.92. The molecular formula is C15H13N3O. The first-order valence-electron chi connectivity index (χ1n) is 6.06. The molecule has 0 unspecified atom stereocenters. The number of aromatic nitrogens is 3. The molecule has 0 spiro atoms. The first kappa shape index (κ1) is 11.6. The fourth-order valence-corrected chi connectivity index (χ4v) is 2.21. The molecule has 0 N–H and O–H groups in total. The molecule has 0 amide bonds. The summed E-state index contributed by atoms with van der Waals surface area (Å²) in [6.45, 7) is 4.04. The summed E-state index contributed by atoms with van der Waals surface area (Å²) < 4.78 is 1.71. The number of aldehydes is 1. The Bertz CT molecular complexity index is 774. The summed E-state index contributed by atoms with van der Waals surface area (Å²) in [6.07, 6.45) is 4.30. The van der Waals surface area contributed by atoms with Gasteiger partial charge in [0.2, 0.25) is 5.78 Å². The number of imidazole rings is 1. The second-order valence-corrected chi connectivity index (χ2v) is 4.57. The third-order valence-electron chi connectivity index (χ3n) is 3.20. The number of hydrogen-bond acceptors (Lipinski definition) is 3. The van der Waals surface area contributed by atoms with Gasteiger partial charge in [-0.1, -0.05) is 17.7 Å². The van der Waals surface area contributed by atoms with Crippen LogP contribution in [0.2, 0.25) is 0 Å². The van der Waals surface area contributed by atoms with E-state index in [1.54, 1.807) is 22.9 Å². The van der Waals surface area contributed by atoms with Gasteiger partial charge in [0.15, 0.2) is 6.29 Å². The van der Waals surface area contributed by atoms with Crippen LogP contribution in [0.25, 0.3) is 17.0 Å². The molecule has 4 heteroatoms. The number of hydrogen-bond donors (Lipinski definition) is 0. The number of benzene rings is 1. The van der Waals surface area contributed by atoms with Crippen molar-refractivity contribution >= 4 is 12.1 Å². The Hall–Kier alpha value is -2.49. The molecule has 0 radical (unpaired) electrons. The van der Waals surface area contributed by atoms with E-state index < -0.39 is 0 Å². The quantitative estimate of drug-likeness (QED) is 0.658. The van der Waals surface area contributed by atoms with Gasteiger partial charge in [-0.2, -0.15) is 0 Å². The van der Waals surface area contributed by atoms with Crippen LogP contribution in [0.3, 0.4) is 0 Å². The van der Waals surface area contributed by atoms with Crippen molar-refractivity contribution in [2.24, 2.45) is 0 Å². The van der Waals surface area contributed by atoms with Crippen molar-refractivity contribution in [3.8, 4) is 11.3 Å². The van der Waals surface area contributed by atoms with E-state index in [4.69, 9.17) is 0 Å². The van der Waals surface area contributed by atoms with E-state index in [1.165, 1.54) is 0 Å².